The quantitative estimate of drug-likeness (QED) is 0.904. The van der Waals surface area contributed by atoms with Crippen LogP contribution in [0.4, 0.5) is 0 Å². The summed E-state index contributed by atoms with van der Waals surface area (Å²) in [7, 11) is 0. The van der Waals surface area contributed by atoms with Gasteiger partial charge in [0.05, 0.1) is 6.10 Å². The summed E-state index contributed by atoms with van der Waals surface area (Å²) in [6.07, 6.45) is -0.588. The van der Waals surface area contributed by atoms with Gasteiger partial charge in [0.1, 0.15) is 5.76 Å². The topological polar surface area (TPSA) is 62.5 Å². The third-order valence-electron chi connectivity index (χ3n) is 2.52. The molecule has 2 aromatic rings. The van der Waals surface area contributed by atoms with Crippen LogP contribution >= 0.6 is 11.6 Å². The summed E-state index contributed by atoms with van der Waals surface area (Å²) in [4.78, 5) is 11.7. The Morgan fingerprint density at radius 2 is 2.00 bits per heavy atom. The van der Waals surface area contributed by atoms with Crippen molar-refractivity contribution in [1.82, 2.24) is 5.32 Å². The molecule has 1 aromatic heterocycles. The van der Waals surface area contributed by atoms with Crippen molar-refractivity contribution in [2.75, 3.05) is 6.54 Å². The summed E-state index contributed by atoms with van der Waals surface area (Å²) in [5.41, 5.74) is 0.846. The minimum Gasteiger partial charge on any atom is -0.451 e. The normalized spacial score (nSPS) is 12.2. The van der Waals surface area contributed by atoms with Crippen molar-refractivity contribution in [2.45, 2.75) is 13.0 Å². The lowest BCUT2D eigenvalue weighted by Crippen LogP contribution is -2.30. The van der Waals surface area contributed by atoms with Gasteiger partial charge < -0.3 is 14.8 Å². The number of hydrogen-bond donors (Lipinski definition) is 2. The molecule has 0 radical (unpaired) electrons. The van der Waals surface area contributed by atoms with Crippen LogP contribution in [-0.4, -0.2) is 23.7 Å². The fourth-order valence-electron chi connectivity index (χ4n) is 1.56. The number of rotatable bonds is 4. The van der Waals surface area contributed by atoms with Crippen molar-refractivity contribution in [3.63, 3.8) is 0 Å². The molecule has 1 amide bonds. The molecule has 19 heavy (non-hydrogen) atoms. The second-order valence-corrected chi connectivity index (χ2v) is 4.67. The zero-order valence-electron chi connectivity index (χ0n) is 10.4. The number of hydrogen-bond acceptors (Lipinski definition) is 3. The lowest BCUT2D eigenvalue weighted by molar-refractivity contribution is 0.0897. The van der Waals surface area contributed by atoms with Crippen LogP contribution in [0.25, 0.3) is 11.3 Å². The molecule has 1 atom stereocenters. The van der Waals surface area contributed by atoms with E-state index in [9.17, 15) is 4.79 Å². The van der Waals surface area contributed by atoms with E-state index in [1.807, 2.05) is 12.1 Å². The molecular formula is C14H14ClNO3. The van der Waals surface area contributed by atoms with E-state index in [0.717, 1.165) is 5.56 Å². The lowest BCUT2D eigenvalue weighted by atomic mass is 10.2. The van der Waals surface area contributed by atoms with Crippen molar-refractivity contribution >= 4 is 17.5 Å². The van der Waals surface area contributed by atoms with E-state index in [1.165, 1.54) is 0 Å². The molecule has 1 unspecified atom stereocenters. The third kappa shape index (κ3) is 3.59. The van der Waals surface area contributed by atoms with E-state index in [-0.39, 0.29) is 18.2 Å². The van der Waals surface area contributed by atoms with Gasteiger partial charge in [0.2, 0.25) is 0 Å². The first-order valence-electron chi connectivity index (χ1n) is 5.88. The Hall–Kier alpha value is -1.78. The summed E-state index contributed by atoms with van der Waals surface area (Å²) in [6, 6.07) is 10.5. The molecule has 0 bridgehead atoms. The van der Waals surface area contributed by atoms with Crippen molar-refractivity contribution in [3.05, 3.63) is 47.2 Å². The van der Waals surface area contributed by atoms with E-state index in [0.29, 0.717) is 10.8 Å². The number of amides is 1. The van der Waals surface area contributed by atoms with Crippen LogP contribution in [0.3, 0.4) is 0 Å². The van der Waals surface area contributed by atoms with Gasteiger partial charge in [-0.1, -0.05) is 11.6 Å². The van der Waals surface area contributed by atoms with Crippen LogP contribution < -0.4 is 5.32 Å². The van der Waals surface area contributed by atoms with Crippen LogP contribution in [0, 0.1) is 0 Å². The largest absolute Gasteiger partial charge is 0.451 e. The Morgan fingerprint density at radius 3 is 2.63 bits per heavy atom. The molecule has 0 saturated heterocycles. The monoisotopic (exact) mass is 279 g/mol. The number of aliphatic hydroxyl groups excluding tert-OH is 1. The maximum Gasteiger partial charge on any atom is 0.287 e. The number of furan rings is 1. The summed E-state index contributed by atoms with van der Waals surface area (Å²) >= 11 is 5.81. The molecule has 5 heteroatoms. The highest BCUT2D eigenvalue weighted by molar-refractivity contribution is 6.30. The van der Waals surface area contributed by atoms with Gasteiger partial charge in [-0.25, -0.2) is 0 Å². The first-order chi connectivity index (χ1) is 9.06. The van der Waals surface area contributed by atoms with Crippen LogP contribution in [0.2, 0.25) is 5.02 Å². The van der Waals surface area contributed by atoms with E-state index in [2.05, 4.69) is 5.32 Å². The van der Waals surface area contributed by atoms with E-state index < -0.39 is 6.10 Å². The minimum absolute atomic E-state index is 0.190. The minimum atomic E-state index is -0.588. The maximum atomic E-state index is 11.7. The molecule has 1 aromatic carbocycles. The number of carbonyl (C=O) groups excluding carboxylic acids is 1. The van der Waals surface area contributed by atoms with Crippen molar-refractivity contribution < 1.29 is 14.3 Å². The molecule has 0 aliphatic heterocycles. The zero-order chi connectivity index (χ0) is 13.8. The molecular weight excluding hydrogens is 266 g/mol. The van der Waals surface area contributed by atoms with Crippen LogP contribution in [0.5, 0.6) is 0 Å². The highest BCUT2D eigenvalue weighted by Crippen LogP contribution is 2.23. The summed E-state index contributed by atoms with van der Waals surface area (Å²) in [6.45, 7) is 1.79. The Labute approximate surface area is 116 Å². The summed E-state index contributed by atoms with van der Waals surface area (Å²) < 4.78 is 5.47. The number of aliphatic hydroxyl groups is 1. The fraction of sp³-hybridized carbons (Fsp3) is 0.214. The molecule has 2 N–H and O–H groups in total. The molecule has 0 spiro atoms. The van der Waals surface area contributed by atoms with E-state index >= 15 is 0 Å². The number of benzene rings is 1. The number of carbonyl (C=O) groups is 1. The van der Waals surface area contributed by atoms with Gasteiger partial charge in [-0.2, -0.15) is 0 Å². The molecule has 2 rings (SSSR count). The molecule has 4 nitrogen and oxygen atoms in total. The van der Waals surface area contributed by atoms with Crippen LogP contribution in [0.1, 0.15) is 17.5 Å². The predicted octanol–water partition coefficient (Wildman–Crippen LogP) is 2.71. The van der Waals surface area contributed by atoms with Crippen LogP contribution in [0.15, 0.2) is 40.8 Å². The van der Waals surface area contributed by atoms with Gasteiger partial charge in [-0.05, 0) is 43.3 Å². The predicted molar refractivity (Wildman–Crippen MR) is 73.2 cm³/mol. The second kappa shape index (κ2) is 5.91. The highest BCUT2D eigenvalue weighted by atomic mass is 35.5. The van der Waals surface area contributed by atoms with Gasteiger partial charge in [0, 0.05) is 17.1 Å². The lowest BCUT2D eigenvalue weighted by Gasteiger charge is -2.04. The van der Waals surface area contributed by atoms with E-state index in [4.69, 9.17) is 21.1 Å². The van der Waals surface area contributed by atoms with Gasteiger partial charge in [0.15, 0.2) is 5.76 Å². The fourth-order valence-corrected chi connectivity index (χ4v) is 1.68. The average Bonchev–Trinajstić information content (AvgIpc) is 2.86. The Balaban J connectivity index is 2.10. The van der Waals surface area contributed by atoms with Crippen LogP contribution in [-0.2, 0) is 0 Å². The van der Waals surface area contributed by atoms with Crippen molar-refractivity contribution in [3.8, 4) is 11.3 Å². The van der Waals surface area contributed by atoms with Crippen molar-refractivity contribution in [2.24, 2.45) is 0 Å². The average molecular weight is 280 g/mol. The highest BCUT2D eigenvalue weighted by Gasteiger charge is 2.12. The smallest absolute Gasteiger partial charge is 0.287 e. The standard InChI is InChI=1S/C14H14ClNO3/c1-9(17)8-16-14(18)13-7-6-12(19-13)10-2-4-11(15)5-3-10/h2-7,9,17H,8H2,1H3,(H,16,18). The van der Waals surface area contributed by atoms with Gasteiger partial charge in [-0.3, -0.25) is 4.79 Å². The molecule has 0 aliphatic rings. The summed E-state index contributed by atoms with van der Waals surface area (Å²) in [5, 5.41) is 12.3. The Bertz CT molecular complexity index is 560. The second-order valence-electron chi connectivity index (χ2n) is 4.23. The molecule has 0 fully saturated rings. The maximum absolute atomic E-state index is 11.7. The number of nitrogens with one attached hydrogen (secondary N) is 1. The SMILES string of the molecule is CC(O)CNC(=O)c1ccc(-c2ccc(Cl)cc2)o1. The van der Waals surface area contributed by atoms with Crippen molar-refractivity contribution in [1.29, 1.82) is 0 Å². The summed E-state index contributed by atoms with van der Waals surface area (Å²) in [5.74, 6) is 0.463. The Kier molecular flexibility index (Phi) is 4.24. The molecule has 0 aliphatic carbocycles. The molecule has 1 heterocycles. The first-order valence-corrected chi connectivity index (χ1v) is 6.26. The van der Waals surface area contributed by atoms with Gasteiger partial charge in [-0.15, -0.1) is 0 Å². The third-order valence-corrected chi connectivity index (χ3v) is 2.77. The van der Waals surface area contributed by atoms with Gasteiger partial charge in [0.25, 0.3) is 5.91 Å². The zero-order valence-corrected chi connectivity index (χ0v) is 11.1. The number of halogens is 1. The first kappa shape index (κ1) is 13.6. The van der Waals surface area contributed by atoms with Gasteiger partial charge >= 0.3 is 0 Å². The molecule has 100 valence electrons. The molecule has 0 saturated carbocycles. The van der Waals surface area contributed by atoms with E-state index in [1.54, 1.807) is 31.2 Å². The Morgan fingerprint density at radius 1 is 1.32 bits per heavy atom.